The molecule has 0 saturated heterocycles. The number of amides is 2. The van der Waals surface area contributed by atoms with Gasteiger partial charge in [0.05, 0.1) is 13.2 Å². The molecule has 0 aliphatic rings. The Morgan fingerprint density at radius 2 is 1.96 bits per heavy atom. The molecule has 1 N–H and O–H groups in total. The highest BCUT2D eigenvalue weighted by molar-refractivity contribution is 9.10. The zero-order valence-corrected chi connectivity index (χ0v) is 14.6. The molecule has 0 bridgehead atoms. The van der Waals surface area contributed by atoms with Gasteiger partial charge in [0.15, 0.2) is 4.67 Å². The predicted octanol–water partition coefficient (Wildman–Crippen LogP) is 3.73. The van der Waals surface area contributed by atoms with E-state index in [1.54, 1.807) is 44.5 Å². The van der Waals surface area contributed by atoms with Crippen LogP contribution in [0.5, 0.6) is 5.75 Å². The minimum absolute atomic E-state index is 0.217. The second-order valence-electron chi connectivity index (χ2n) is 4.86. The van der Waals surface area contributed by atoms with Crippen LogP contribution in [-0.2, 0) is 11.3 Å². The summed E-state index contributed by atoms with van der Waals surface area (Å²) in [6, 6.07) is 10.6. The summed E-state index contributed by atoms with van der Waals surface area (Å²) < 4.78 is 16.4. The van der Waals surface area contributed by atoms with Crippen molar-refractivity contribution in [2.24, 2.45) is 0 Å². The normalized spacial score (nSPS) is 10.4. The summed E-state index contributed by atoms with van der Waals surface area (Å²) in [6.07, 6.45) is 0. The van der Waals surface area contributed by atoms with Gasteiger partial charge in [-0.3, -0.25) is 0 Å². The molecule has 23 heavy (non-hydrogen) atoms. The van der Waals surface area contributed by atoms with Crippen LogP contribution in [-0.4, -0.2) is 38.3 Å². The number of hydrogen-bond donors (Lipinski definition) is 1. The van der Waals surface area contributed by atoms with Crippen molar-refractivity contribution in [3.8, 4) is 5.75 Å². The van der Waals surface area contributed by atoms with Gasteiger partial charge in [-0.1, -0.05) is 0 Å². The highest BCUT2D eigenvalue weighted by Gasteiger charge is 2.11. The number of benzene rings is 1. The number of nitrogens with one attached hydrogen (secondary N) is 1. The second-order valence-corrected chi connectivity index (χ2v) is 5.64. The fraction of sp³-hybridized carbons (Fsp3) is 0.312. The Labute approximate surface area is 143 Å². The lowest BCUT2D eigenvalue weighted by atomic mass is 10.3. The van der Waals surface area contributed by atoms with Crippen molar-refractivity contribution < 1.29 is 18.7 Å². The van der Waals surface area contributed by atoms with Crippen molar-refractivity contribution in [3.63, 3.8) is 0 Å². The molecule has 0 saturated carbocycles. The van der Waals surface area contributed by atoms with E-state index in [0.717, 1.165) is 5.75 Å². The van der Waals surface area contributed by atoms with Crippen LogP contribution >= 0.6 is 15.9 Å². The molecule has 0 atom stereocenters. The van der Waals surface area contributed by atoms with Crippen molar-refractivity contribution in [3.05, 3.63) is 46.8 Å². The van der Waals surface area contributed by atoms with E-state index in [0.29, 0.717) is 35.9 Å². The first-order chi connectivity index (χ1) is 11.1. The summed E-state index contributed by atoms with van der Waals surface area (Å²) in [7, 11) is 3.33. The SMILES string of the molecule is COCCOc1ccc(NC(=O)N(C)Cc2ccc(Br)o2)cc1. The van der Waals surface area contributed by atoms with Crippen molar-refractivity contribution in [2.45, 2.75) is 6.54 Å². The summed E-state index contributed by atoms with van der Waals surface area (Å²) >= 11 is 3.24. The number of rotatable bonds is 7. The van der Waals surface area contributed by atoms with Crippen LogP contribution in [0.3, 0.4) is 0 Å². The van der Waals surface area contributed by atoms with Gasteiger partial charge in [-0.2, -0.15) is 0 Å². The molecule has 1 aromatic carbocycles. The van der Waals surface area contributed by atoms with E-state index in [4.69, 9.17) is 13.9 Å². The molecule has 0 radical (unpaired) electrons. The molecule has 2 rings (SSSR count). The number of carbonyl (C=O) groups is 1. The molecule has 0 aliphatic heterocycles. The first kappa shape index (κ1) is 17.4. The molecular formula is C16H19BrN2O4. The summed E-state index contributed by atoms with van der Waals surface area (Å²) in [6.45, 7) is 1.41. The van der Waals surface area contributed by atoms with Crippen LogP contribution in [0, 0.1) is 0 Å². The summed E-state index contributed by atoms with van der Waals surface area (Å²) in [5.74, 6) is 1.44. The third-order valence-electron chi connectivity index (χ3n) is 3.03. The first-order valence-corrected chi connectivity index (χ1v) is 7.86. The molecule has 0 fully saturated rings. The van der Waals surface area contributed by atoms with Gasteiger partial charge in [-0.25, -0.2) is 4.79 Å². The number of hydrogen-bond acceptors (Lipinski definition) is 4. The quantitative estimate of drug-likeness (QED) is 0.740. The molecule has 1 heterocycles. The Morgan fingerprint density at radius 3 is 2.57 bits per heavy atom. The average molecular weight is 383 g/mol. The van der Waals surface area contributed by atoms with Gasteiger partial charge in [0.25, 0.3) is 0 Å². The van der Waals surface area contributed by atoms with Crippen LogP contribution in [0.15, 0.2) is 45.5 Å². The van der Waals surface area contributed by atoms with E-state index in [9.17, 15) is 4.79 Å². The fourth-order valence-electron chi connectivity index (χ4n) is 1.84. The summed E-state index contributed by atoms with van der Waals surface area (Å²) in [4.78, 5) is 13.7. The fourth-order valence-corrected chi connectivity index (χ4v) is 2.18. The lowest BCUT2D eigenvalue weighted by Gasteiger charge is -2.16. The number of carbonyl (C=O) groups excluding carboxylic acids is 1. The molecular weight excluding hydrogens is 364 g/mol. The predicted molar refractivity (Wildman–Crippen MR) is 90.7 cm³/mol. The number of nitrogens with zero attached hydrogens (tertiary/aromatic N) is 1. The molecule has 124 valence electrons. The number of furan rings is 1. The van der Waals surface area contributed by atoms with Crippen molar-refractivity contribution in [2.75, 3.05) is 32.7 Å². The maximum atomic E-state index is 12.1. The number of halogens is 1. The van der Waals surface area contributed by atoms with Gasteiger partial charge in [-0.15, -0.1) is 0 Å². The standard InChI is InChI=1S/C16H19BrN2O4/c1-19(11-14-7-8-15(17)23-14)16(20)18-12-3-5-13(6-4-12)22-10-9-21-2/h3-8H,9-11H2,1-2H3,(H,18,20). The molecule has 6 nitrogen and oxygen atoms in total. The zero-order chi connectivity index (χ0) is 16.7. The highest BCUT2D eigenvalue weighted by atomic mass is 79.9. The maximum absolute atomic E-state index is 12.1. The van der Waals surface area contributed by atoms with Gasteiger partial charge in [0, 0.05) is 19.8 Å². The Hall–Kier alpha value is -1.99. The molecule has 0 unspecified atom stereocenters. The van der Waals surface area contributed by atoms with Crippen LogP contribution in [0.1, 0.15) is 5.76 Å². The van der Waals surface area contributed by atoms with Gasteiger partial charge in [0.2, 0.25) is 0 Å². The van der Waals surface area contributed by atoms with Gasteiger partial charge in [0.1, 0.15) is 18.1 Å². The molecule has 2 amide bonds. The lowest BCUT2D eigenvalue weighted by Crippen LogP contribution is -2.30. The number of methoxy groups -OCH3 is 1. The Kier molecular flexibility index (Phi) is 6.49. The number of ether oxygens (including phenoxy) is 2. The van der Waals surface area contributed by atoms with Gasteiger partial charge >= 0.3 is 6.03 Å². The topological polar surface area (TPSA) is 63.9 Å². The largest absolute Gasteiger partial charge is 0.491 e. The zero-order valence-electron chi connectivity index (χ0n) is 13.0. The van der Waals surface area contributed by atoms with Crippen LogP contribution in [0.2, 0.25) is 0 Å². The average Bonchev–Trinajstić information content (AvgIpc) is 2.94. The van der Waals surface area contributed by atoms with E-state index in [-0.39, 0.29) is 6.03 Å². The monoisotopic (exact) mass is 382 g/mol. The molecule has 1 aromatic heterocycles. The summed E-state index contributed by atoms with van der Waals surface area (Å²) in [5.41, 5.74) is 0.696. The molecule has 0 aliphatic carbocycles. The van der Waals surface area contributed by atoms with Crippen molar-refractivity contribution in [1.82, 2.24) is 4.90 Å². The van der Waals surface area contributed by atoms with Crippen LogP contribution in [0.4, 0.5) is 10.5 Å². The first-order valence-electron chi connectivity index (χ1n) is 7.06. The van der Waals surface area contributed by atoms with E-state index >= 15 is 0 Å². The summed E-state index contributed by atoms with van der Waals surface area (Å²) in [5, 5.41) is 2.82. The second kappa shape index (κ2) is 8.59. The van der Waals surface area contributed by atoms with Gasteiger partial charge in [-0.05, 0) is 52.3 Å². The maximum Gasteiger partial charge on any atom is 0.321 e. The van der Waals surface area contributed by atoms with E-state index in [1.807, 2.05) is 6.07 Å². The molecule has 7 heteroatoms. The van der Waals surface area contributed by atoms with E-state index < -0.39 is 0 Å². The molecule has 2 aromatic rings. The minimum Gasteiger partial charge on any atom is -0.491 e. The Balaban J connectivity index is 1.84. The Morgan fingerprint density at radius 1 is 1.22 bits per heavy atom. The van der Waals surface area contributed by atoms with Gasteiger partial charge < -0.3 is 24.1 Å². The highest BCUT2D eigenvalue weighted by Crippen LogP contribution is 2.17. The number of anilines is 1. The minimum atomic E-state index is -0.217. The Bertz CT molecular complexity index is 627. The smallest absolute Gasteiger partial charge is 0.321 e. The van der Waals surface area contributed by atoms with Crippen LogP contribution < -0.4 is 10.1 Å². The van der Waals surface area contributed by atoms with E-state index in [1.165, 1.54) is 4.90 Å². The lowest BCUT2D eigenvalue weighted by molar-refractivity contribution is 0.146. The number of urea groups is 1. The molecule has 0 spiro atoms. The van der Waals surface area contributed by atoms with Crippen molar-refractivity contribution in [1.29, 1.82) is 0 Å². The third kappa shape index (κ3) is 5.61. The van der Waals surface area contributed by atoms with Crippen molar-refractivity contribution >= 4 is 27.6 Å². The van der Waals surface area contributed by atoms with E-state index in [2.05, 4.69) is 21.2 Å². The van der Waals surface area contributed by atoms with Crippen LogP contribution in [0.25, 0.3) is 0 Å². The third-order valence-corrected chi connectivity index (χ3v) is 3.46.